The average molecular weight is 202 g/mol. The van der Waals surface area contributed by atoms with Crippen LogP contribution in [0.5, 0.6) is 0 Å². The van der Waals surface area contributed by atoms with Gasteiger partial charge in [0.15, 0.2) is 0 Å². The molecule has 0 bridgehead atoms. The molecule has 0 aliphatic heterocycles. The van der Waals surface area contributed by atoms with Crippen LogP contribution in [0.25, 0.3) is 0 Å². The van der Waals surface area contributed by atoms with Gasteiger partial charge in [-0.25, -0.2) is 0 Å². The van der Waals surface area contributed by atoms with E-state index in [4.69, 9.17) is 16.2 Å². The van der Waals surface area contributed by atoms with Crippen LogP contribution in [0, 0.1) is 17.8 Å². The van der Waals surface area contributed by atoms with Gasteiger partial charge in [0.05, 0.1) is 5.66 Å². The molecule has 74 valence electrons. The van der Waals surface area contributed by atoms with Crippen LogP contribution in [-0.4, -0.2) is 15.4 Å². The van der Waals surface area contributed by atoms with Gasteiger partial charge in [0.1, 0.15) is 0 Å². The standard InChI is InChI=1S/C9H15O3P/c1-5-7-8(13(10,11)12)9(3,4)6-2/h2,5,8H,1,7H2,3-4H3,(H2,10,11,12). The largest absolute Gasteiger partial charge is 0.330 e. The van der Waals surface area contributed by atoms with Gasteiger partial charge in [0.2, 0.25) is 0 Å². The lowest BCUT2D eigenvalue weighted by atomic mass is 9.88. The second-order valence-corrected chi connectivity index (χ2v) is 5.30. The summed E-state index contributed by atoms with van der Waals surface area (Å²) >= 11 is 0. The molecule has 0 aromatic rings. The van der Waals surface area contributed by atoms with E-state index in [1.807, 2.05) is 0 Å². The molecule has 0 aromatic carbocycles. The molecule has 4 heteroatoms. The molecule has 0 aromatic heterocycles. The zero-order chi connectivity index (χ0) is 10.7. The van der Waals surface area contributed by atoms with Gasteiger partial charge in [-0.1, -0.05) is 12.0 Å². The summed E-state index contributed by atoms with van der Waals surface area (Å²) in [6.45, 7) is 6.73. The molecule has 3 nitrogen and oxygen atoms in total. The summed E-state index contributed by atoms with van der Waals surface area (Å²) in [5.74, 6) is 2.39. The van der Waals surface area contributed by atoms with E-state index in [1.54, 1.807) is 13.8 Å². The van der Waals surface area contributed by atoms with Gasteiger partial charge in [-0.15, -0.1) is 13.0 Å². The molecular formula is C9H15O3P. The van der Waals surface area contributed by atoms with Gasteiger partial charge in [0, 0.05) is 5.41 Å². The summed E-state index contributed by atoms with van der Waals surface area (Å²) in [5, 5.41) is 0. The van der Waals surface area contributed by atoms with E-state index in [0.29, 0.717) is 0 Å². The summed E-state index contributed by atoms with van der Waals surface area (Å²) < 4.78 is 11.1. The Balaban J connectivity index is 4.95. The van der Waals surface area contributed by atoms with Crippen LogP contribution in [0.2, 0.25) is 0 Å². The number of hydrogen-bond acceptors (Lipinski definition) is 1. The Morgan fingerprint density at radius 1 is 1.69 bits per heavy atom. The third-order valence-corrected chi connectivity index (χ3v) is 3.67. The summed E-state index contributed by atoms with van der Waals surface area (Å²) in [6.07, 6.45) is 6.91. The topological polar surface area (TPSA) is 57.5 Å². The molecule has 0 rings (SSSR count). The zero-order valence-corrected chi connectivity index (χ0v) is 8.79. The van der Waals surface area contributed by atoms with E-state index < -0.39 is 18.7 Å². The molecule has 0 fully saturated rings. The second-order valence-electron chi connectivity index (χ2n) is 3.50. The van der Waals surface area contributed by atoms with Crippen molar-refractivity contribution >= 4 is 7.60 Å². The van der Waals surface area contributed by atoms with Gasteiger partial charge in [-0.05, 0) is 20.3 Å². The molecular weight excluding hydrogens is 187 g/mol. The van der Waals surface area contributed by atoms with Crippen LogP contribution in [0.3, 0.4) is 0 Å². The zero-order valence-electron chi connectivity index (χ0n) is 7.90. The van der Waals surface area contributed by atoms with Crippen molar-refractivity contribution in [3.8, 4) is 12.3 Å². The SMILES string of the molecule is C#CC(C)(C)C(CC=C)P(=O)(O)O. The first-order valence-corrected chi connectivity index (χ1v) is 5.57. The summed E-state index contributed by atoms with van der Waals surface area (Å²) in [7, 11) is -4.14. The van der Waals surface area contributed by atoms with E-state index in [-0.39, 0.29) is 6.42 Å². The van der Waals surface area contributed by atoms with E-state index >= 15 is 0 Å². The van der Waals surface area contributed by atoms with Crippen molar-refractivity contribution in [1.82, 2.24) is 0 Å². The highest BCUT2D eigenvalue weighted by Crippen LogP contribution is 2.51. The van der Waals surface area contributed by atoms with Gasteiger partial charge in [-0.3, -0.25) is 4.57 Å². The fraction of sp³-hybridized carbons (Fsp3) is 0.556. The van der Waals surface area contributed by atoms with Crippen LogP contribution < -0.4 is 0 Å². The quantitative estimate of drug-likeness (QED) is 0.415. The second kappa shape index (κ2) is 4.11. The first-order chi connectivity index (χ1) is 5.75. The van der Waals surface area contributed by atoms with Crippen LogP contribution in [0.4, 0.5) is 0 Å². The third kappa shape index (κ3) is 3.36. The van der Waals surface area contributed by atoms with E-state index in [0.717, 1.165) is 0 Å². The molecule has 1 unspecified atom stereocenters. The van der Waals surface area contributed by atoms with Crippen LogP contribution >= 0.6 is 7.60 Å². The maximum atomic E-state index is 11.1. The minimum absolute atomic E-state index is 0.224. The molecule has 0 amide bonds. The molecule has 1 atom stereocenters. The summed E-state index contributed by atoms with van der Waals surface area (Å²) in [5.41, 5.74) is -1.66. The molecule has 0 saturated carbocycles. The molecule has 0 aliphatic carbocycles. The minimum atomic E-state index is -4.14. The number of rotatable bonds is 4. The molecule has 0 radical (unpaired) electrons. The Morgan fingerprint density at radius 3 is 2.38 bits per heavy atom. The molecule has 0 heterocycles. The molecule has 0 aliphatic rings. The first-order valence-electron chi connectivity index (χ1n) is 3.89. The van der Waals surface area contributed by atoms with Gasteiger partial charge in [-0.2, -0.15) is 0 Å². The Hall–Kier alpha value is -0.550. The normalized spacial score (nSPS) is 14.7. The fourth-order valence-corrected chi connectivity index (χ4v) is 2.45. The van der Waals surface area contributed by atoms with Gasteiger partial charge in [0.25, 0.3) is 0 Å². The van der Waals surface area contributed by atoms with Crippen molar-refractivity contribution in [2.75, 3.05) is 0 Å². The van der Waals surface area contributed by atoms with Crippen LogP contribution in [0.15, 0.2) is 12.7 Å². The maximum Gasteiger partial charge on any atom is 0.330 e. The Bertz CT molecular complexity index is 269. The number of allylic oxidation sites excluding steroid dienone is 1. The monoisotopic (exact) mass is 202 g/mol. The first kappa shape index (κ1) is 12.4. The van der Waals surface area contributed by atoms with Crippen LogP contribution in [0.1, 0.15) is 20.3 Å². The van der Waals surface area contributed by atoms with Crippen molar-refractivity contribution in [3.63, 3.8) is 0 Å². The van der Waals surface area contributed by atoms with Gasteiger partial charge < -0.3 is 9.79 Å². The van der Waals surface area contributed by atoms with Crippen molar-refractivity contribution in [1.29, 1.82) is 0 Å². The lowest BCUT2D eigenvalue weighted by Gasteiger charge is -2.29. The lowest BCUT2D eigenvalue weighted by Crippen LogP contribution is -2.27. The lowest BCUT2D eigenvalue weighted by molar-refractivity contribution is 0.321. The minimum Gasteiger partial charge on any atom is -0.324 e. The molecule has 13 heavy (non-hydrogen) atoms. The van der Waals surface area contributed by atoms with E-state index in [9.17, 15) is 4.57 Å². The molecule has 0 saturated heterocycles. The van der Waals surface area contributed by atoms with E-state index in [1.165, 1.54) is 6.08 Å². The van der Waals surface area contributed by atoms with Crippen molar-refractivity contribution < 1.29 is 14.4 Å². The molecule has 2 N–H and O–H groups in total. The van der Waals surface area contributed by atoms with E-state index in [2.05, 4.69) is 12.5 Å². The Labute approximate surface area is 79.0 Å². The predicted molar refractivity (Wildman–Crippen MR) is 53.3 cm³/mol. The van der Waals surface area contributed by atoms with Crippen LogP contribution in [-0.2, 0) is 4.57 Å². The van der Waals surface area contributed by atoms with Gasteiger partial charge >= 0.3 is 7.60 Å². The number of hydrogen-bond donors (Lipinski definition) is 2. The highest BCUT2D eigenvalue weighted by Gasteiger charge is 2.39. The highest BCUT2D eigenvalue weighted by atomic mass is 31.2. The molecule has 0 spiro atoms. The van der Waals surface area contributed by atoms with Crippen molar-refractivity contribution in [2.45, 2.75) is 25.9 Å². The van der Waals surface area contributed by atoms with Crippen molar-refractivity contribution in [3.05, 3.63) is 12.7 Å². The fourth-order valence-electron chi connectivity index (χ4n) is 1.11. The maximum absolute atomic E-state index is 11.1. The third-order valence-electron chi connectivity index (χ3n) is 2.00. The van der Waals surface area contributed by atoms with Crippen molar-refractivity contribution in [2.24, 2.45) is 5.41 Å². The predicted octanol–water partition coefficient (Wildman–Crippen LogP) is 1.77. The Kier molecular flexibility index (Phi) is 3.93. The highest BCUT2D eigenvalue weighted by molar-refractivity contribution is 7.52. The Morgan fingerprint density at radius 2 is 2.15 bits per heavy atom. The smallest absolute Gasteiger partial charge is 0.324 e. The number of terminal acetylenes is 1. The average Bonchev–Trinajstić information content (AvgIpc) is 1.98. The summed E-state index contributed by atoms with van der Waals surface area (Å²) in [6, 6.07) is 0. The summed E-state index contributed by atoms with van der Waals surface area (Å²) in [4.78, 5) is 18.1.